The number of rotatable bonds is 5. The van der Waals surface area contributed by atoms with E-state index < -0.39 is 4.92 Å². The maximum absolute atomic E-state index is 10.7. The lowest BCUT2D eigenvalue weighted by Crippen LogP contribution is -2.44. The number of fused-ring (bicyclic) bond motifs is 1. The number of hydrogen-bond acceptors (Lipinski definition) is 6. The summed E-state index contributed by atoms with van der Waals surface area (Å²) >= 11 is 0. The molecule has 0 spiro atoms. The van der Waals surface area contributed by atoms with E-state index >= 15 is 0 Å². The summed E-state index contributed by atoms with van der Waals surface area (Å²) in [5, 5.41) is 14.0. The van der Waals surface area contributed by atoms with Gasteiger partial charge in [0, 0.05) is 12.6 Å². The van der Waals surface area contributed by atoms with Gasteiger partial charge in [-0.15, -0.1) is 0 Å². The fourth-order valence-electron chi connectivity index (χ4n) is 2.36. The van der Waals surface area contributed by atoms with Crippen LogP contribution in [0.3, 0.4) is 0 Å². The molecule has 0 bridgehead atoms. The Hall–Kier alpha value is -2.15. The van der Waals surface area contributed by atoms with Gasteiger partial charge in [0.15, 0.2) is 5.58 Å². The van der Waals surface area contributed by atoms with Gasteiger partial charge in [0.2, 0.25) is 0 Å². The number of nitro benzene ring substituents is 1. The highest BCUT2D eigenvalue weighted by atomic mass is 16.6. The van der Waals surface area contributed by atoms with E-state index in [1.165, 1.54) is 12.1 Å². The van der Waals surface area contributed by atoms with Crippen LogP contribution in [0.25, 0.3) is 11.1 Å². The molecule has 1 aliphatic rings. The Bertz CT molecular complexity index is 665. The van der Waals surface area contributed by atoms with E-state index in [0.717, 1.165) is 12.8 Å². The van der Waals surface area contributed by atoms with Crippen LogP contribution in [0.4, 0.5) is 11.7 Å². The van der Waals surface area contributed by atoms with Crippen molar-refractivity contribution in [2.24, 2.45) is 11.7 Å². The summed E-state index contributed by atoms with van der Waals surface area (Å²) in [6, 6.07) is 4.74. The fraction of sp³-hybridized carbons (Fsp3) is 0.462. The number of anilines is 1. The highest BCUT2D eigenvalue weighted by Gasteiger charge is 2.41. The number of benzene rings is 1. The summed E-state index contributed by atoms with van der Waals surface area (Å²) in [5.41, 5.74) is 6.57. The number of hydrogen-bond donors (Lipinski definition) is 2. The minimum absolute atomic E-state index is 0.0102. The van der Waals surface area contributed by atoms with Crippen LogP contribution in [0.1, 0.15) is 19.8 Å². The molecule has 1 unspecified atom stereocenters. The van der Waals surface area contributed by atoms with Gasteiger partial charge in [0.25, 0.3) is 11.7 Å². The minimum Gasteiger partial charge on any atom is -0.423 e. The first kappa shape index (κ1) is 12.9. The topological polar surface area (TPSA) is 107 Å². The number of nitrogens with one attached hydrogen (secondary N) is 1. The average molecular weight is 276 g/mol. The van der Waals surface area contributed by atoms with E-state index in [0.29, 0.717) is 29.6 Å². The summed E-state index contributed by atoms with van der Waals surface area (Å²) in [5.74, 6) is 0.525. The average Bonchev–Trinajstić information content (AvgIpc) is 3.19. The van der Waals surface area contributed by atoms with Crippen molar-refractivity contribution in [2.75, 3.05) is 11.9 Å². The molecule has 3 rings (SSSR count). The Kier molecular flexibility index (Phi) is 2.86. The molecule has 106 valence electrons. The lowest BCUT2D eigenvalue weighted by Gasteiger charge is -2.28. The largest absolute Gasteiger partial charge is 0.423 e. The third-order valence-corrected chi connectivity index (χ3v) is 3.88. The summed E-state index contributed by atoms with van der Waals surface area (Å²) in [6.07, 6.45) is 2.29. The number of non-ortho nitro benzene ring substituents is 1. The molecule has 1 aliphatic carbocycles. The normalized spacial score (nSPS) is 17.9. The lowest BCUT2D eigenvalue weighted by atomic mass is 9.96. The van der Waals surface area contributed by atoms with Crippen LogP contribution >= 0.6 is 0 Å². The molecule has 7 heteroatoms. The molecule has 20 heavy (non-hydrogen) atoms. The maximum atomic E-state index is 10.7. The van der Waals surface area contributed by atoms with Crippen molar-refractivity contribution in [2.45, 2.75) is 25.3 Å². The molecule has 7 nitrogen and oxygen atoms in total. The zero-order valence-corrected chi connectivity index (χ0v) is 11.1. The van der Waals surface area contributed by atoms with Gasteiger partial charge >= 0.3 is 0 Å². The molecule has 1 aromatic heterocycles. The van der Waals surface area contributed by atoms with Crippen molar-refractivity contribution >= 4 is 22.8 Å². The molecular formula is C13H16N4O3. The minimum atomic E-state index is -0.455. The predicted octanol–water partition coefficient (Wildman–Crippen LogP) is 2.28. The van der Waals surface area contributed by atoms with Gasteiger partial charge in [0.1, 0.15) is 5.52 Å². The molecule has 3 N–H and O–H groups in total. The number of nitrogens with two attached hydrogens (primary N) is 1. The third kappa shape index (κ3) is 2.20. The van der Waals surface area contributed by atoms with Gasteiger partial charge in [0.05, 0.1) is 16.5 Å². The van der Waals surface area contributed by atoms with Gasteiger partial charge in [-0.3, -0.25) is 10.1 Å². The van der Waals surface area contributed by atoms with E-state index in [-0.39, 0.29) is 11.2 Å². The molecule has 1 saturated carbocycles. The number of nitrogens with zero attached hydrogens (tertiary/aromatic N) is 2. The molecule has 1 heterocycles. The van der Waals surface area contributed by atoms with Gasteiger partial charge in [-0.2, -0.15) is 4.98 Å². The van der Waals surface area contributed by atoms with E-state index in [2.05, 4.69) is 10.3 Å². The number of nitro groups is 1. The molecule has 1 fully saturated rings. The van der Waals surface area contributed by atoms with Gasteiger partial charge in [-0.25, -0.2) is 0 Å². The van der Waals surface area contributed by atoms with Crippen LogP contribution in [-0.4, -0.2) is 22.0 Å². The van der Waals surface area contributed by atoms with Crippen molar-refractivity contribution in [1.29, 1.82) is 0 Å². The fourth-order valence-corrected chi connectivity index (χ4v) is 2.36. The van der Waals surface area contributed by atoms with Crippen LogP contribution in [-0.2, 0) is 0 Å². The second kappa shape index (κ2) is 4.45. The summed E-state index contributed by atoms with van der Waals surface area (Å²) in [6.45, 7) is 2.53. The van der Waals surface area contributed by atoms with E-state index in [4.69, 9.17) is 10.2 Å². The van der Waals surface area contributed by atoms with Crippen LogP contribution in [0.2, 0.25) is 0 Å². The molecule has 1 atom stereocenters. The molecule has 0 aliphatic heterocycles. The monoisotopic (exact) mass is 276 g/mol. The smallest absolute Gasteiger partial charge is 0.296 e. The first-order chi connectivity index (χ1) is 9.51. The summed E-state index contributed by atoms with van der Waals surface area (Å²) in [7, 11) is 0. The second-order valence-electron chi connectivity index (χ2n) is 5.45. The van der Waals surface area contributed by atoms with Crippen LogP contribution in [0.5, 0.6) is 0 Å². The Balaban J connectivity index is 1.90. The Morgan fingerprint density at radius 1 is 1.60 bits per heavy atom. The Labute approximate surface area is 115 Å². The molecular weight excluding hydrogens is 260 g/mol. The van der Waals surface area contributed by atoms with Crippen LogP contribution < -0.4 is 11.1 Å². The quantitative estimate of drug-likeness (QED) is 0.640. The van der Waals surface area contributed by atoms with E-state index in [9.17, 15) is 10.1 Å². The maximum Gasteiger partial charge on any atom is 0.296 e. The second-order valence-corrected chi connectivity index (χ2v) is 5.45. The standard InChI is InChI=1S/C13H16N4O3/c1-13(7-14,8-2-3-8)16-12-15-10-5-4-9(17(18)19)6-11(10)20-12/h4-6,8H,2-3,7,14H2,1H3,(H,15,16). The van der Waals surface area contributed by atoms with Gasteiger partial charge < -0.3 is 15.5 Å². The first-order valence-corrected chi connectivity index (χ1v) is 6.55. The Morgan fingerprint density at radius 2 is 2.35 bits per heavy atom. The van der Waals surface area contributed by atoms with Gasteiger partial charge in [-0.1, -0.05) is 0 Å². The van der Waals surface area contributed by atoms with Crippen molar-refractivity contribution in [3.05, 3.63) is 28.3 Å². The van der Waals surface area contributed by atoms with Crippen LogP contribution in [0.15, 0.2) is 22.6 Å². The van der Waals surface area contributed by atoms with E-state index in [1.54, 1.807) is 6.07 Å². The molecule has 1 aromatic carbocycles. The SMILES string of the molecule is CC(CN)(Nc1nc2ccc([N+](=O)[O-])cc2o1)C1CC1. The van der Waals surface area contributed by atoms with Crippen molar-refractivity contribution in [3.63, 3.8) is 0 Å². The van der Waals surface area contributed by atoms with Crippen molar-refractivity contribution < 1.29 is 9.34 Å². The molecule has 0 radical (unpaired) electrons. The zero-order chi connectivity index (χ0) is 14.3. The van der Waals surface area contributed by atoms with Gasteiger partial charge in [-0.05, 0) is 31.7 Å². The lowest BCUT2D eigenvalue weighted by molar-refractivity contribution is -0.384. The highest BCUT2D eigenvalue weighted by Crippen LogP contribution is 2.41. The van der Waals surface area contributed by atoms with Crippen LogP contribution in [0, 0.1) is 16.0 Å². The highest BCUT2D eigenvalue weighted by molar-refractivity contribution is 5.77. The Morgan fingerprint density at radius 3 is 2.95 bits per heavy atom. The number of oxazole rings is 1. The molecule has 0 amide bonds. The zero-order valence-electron chi connectivity index (χ0n) is 11.1. The first-order valence-electron chi connectivity index (χ1n) is 6.55. The molecule has 0 saturated heterocycles. The summed E-state index contributed by atoms with van der Waals surface area (Å²) < 4.78 is 5.55. The van der Waals surface area contributed by atoms with Crippen molar-refractivity contribution in [3.8, 4) is 0 Å². The predicted molar refractivity (Wildman–Crippen MR) is 74.5 cm³/mol. The molecule has 2 aromatic rings. The van der Waals surface area contributed by atoms with E-state index in [1.807, 2.05) is 6.92 Å². The third-order valence-electron chi connectivity index (χ3n) is 3.88. The summed E-state index contributed by atoms with van der Waals surface area (Å²) in [4.78, 5) is 14.6. The van der Waals surface area contributed by atoms with Crippen molar-refractivity contribution in [1.82, 2.24) is 4.98 Å². The number of aromatic nitrogens is 1.